The first-order chi connectivity index (χ1) is 18.6. The van der Waals surface area contributed by atoms with Crippen molar-refractivity contribution in [3.05, 3.63) is 54.2 Å². The van der Waals surface area contributed by atoms with Gasteiger partial charge in [0, 0.05) is 36.9 Å². The largest absolute Gasteiger partial charge is 0.487 e. The molecule has 1 unspecified atom stereocenters. The van der Waals surface area contributed by atoms with Gasteiger partial charge in [-0.25, -0.2) is 4.98 Å². The molecule has 2 N–H and O–H groups in total. The second kappa shape index (κ2) is 17.2. The molecule has 0 saturated carbocycles. The number of hydrogen-bond donors (Lipinski definition) is 2. The molecule has 230 valence electrons. The summed E-state index contributed by atoms with van der Waals surface area (Å²) in [5.74, 6) is 2.43. The highest BCUT2D eigenvalue weighted by Crippen LogP contribution is 2.28. The zero-order valence-corrected chi connectivity index (χ0v) is 26.2. The van der Waals surface area contributed by atoms with Crippen LogP contribution in [-0.2, 0) is 29.6 Å². The molecule has 41 heavy (non-hydrogen) atoms. The molecule has 1 fully saturated rings. The van der Waals surface area contributed by atoms with Crippen LogP contribution in [0.4, 0.5) is 0 Å². The van der Waals surface area contributed by atoms with E-state index in [0.717, 1.165) is 18.5 Å². The highest BCUT2D eigenvalue weighted by atomic mass is 35.5. The molecule has 3 aromatic rings. The molecule has 0 amide bonds. The lowest BCUT2D eigenvalue weighted by atomic mass is 9.89. The minimum absolute atomic E-state index is 0. The Kier molecular flexibility index (Phi) is 15.2. The number of carbonyl (C=O) groups excluding carboxylic acids is 1. The van der Waals surface area contributed by atoms with E-state index in [0.29, 0.717) is 42.3 Å². The van der Waals surface area contributed by atoms with Crippen molar-refractivity contribution in [1.82, 2.24) is 25.0 Å². The molecule has 11 nitrogen and oxygen atoms in total. The fraction of sp³-hybridized carbons (Fsp3) is 0.571. The third-order valence-electron chi connectivity index (χ3n) is 6.21. The van der Waals surface area contributed by atoms with Crippen LogP contribution in [0.1, 0.15) is 51.5 Å². The summed E-state index contributed by atoms with van der Waals surface area (Å²) in [6, 6.07) is 7.27. The average Bonchev–Trinajstić information content (AvgIpc) is 3.60. The first kappa shape index (κ1) is 36.2. The molecule has 0 spiro atoms. The number of aryl methyl sites for hydroxylation is 2. The van der Waals surface area contributed by atoms with E-state index in [1.165, 1.54) is 0 Å². The molecule has 1 aromatic carbocycles. The topological polar surface area (TPSA) is 134 Å². The van der Waals surface area contributed by atoms with E-state index in [4.69, 9.17) is 18.7 Å². The Morgan fingerprint density at radius 2 is 1.88 bits per heavy atom. The van der Waals surface area contributed by atoms with Crippen LogP contribution in [-0.4, -0.2) is 62.2 Å². The van der Waals surface area contributed by atoms with Gasteiger partial charge in [-0.2, -0.15) is 4.98 Å². The summed E-state index contributed by atoms with van der Waals surface area (Å²) in [6.07, 6.45) is 4.77. The van der Waals surface area contributed by atoms with Crippen molar-refractivity contribution in [2.45, 2.75) is 65.7 Å². The van der Waals surface area contributed by atoms with E-state index in [-0.39, 0.29) is 55.5 Å². The Balaban J connectivity index is 0.000000428. The van der Waals surface area contributed by atoms with Crippen molar-refractivity contribution in [3.63, 3.8) is 0 Å². The van der Waals surface area contributed by atoms with Crippen LogP contribution in [0.2, 0.25) is 0 Å². The number of aliphatic hydroxyl groups excluding tert-OH is 1. The number of rotatable bonds is 11. The van der Waals surface area contributed by atoms with Gasteiger partial charge in [-0.3, -0.25) is 4.79 Å². The van der Waals surface area contributed by atoms with Gasteiger partial charge in [0.25, 0.3) is 5.89 Å². The number of nitrogens with zero attached hydrogens (tertiary/aromatic N) is 4. The number of para-hydroxylation sites is 2. The average molecular weight is 617 g/mol. The van der Waals surface area contributed by atoms with E-state index in [1.807, 2.05) is 57.6 Å². The van der Waals surface area contributed by atoms with Crippen LogP contribution >= 0.6 is 24.8 Å². The van der Waals surface area contributed by atoms with Gasteiger partial charge in [0.05, 0.1) is 18.9 Å². The van der Waals surface area contributed by atoms with Gasteiger partial charge in [-0.1, -0.05) is 24.2 Å². The molecular weight excluding hydrogens is 573 g/mol. The number of cyclic esters (lactones) is 1. The monoisotopic (exact) mass is 615 g/mol. The third kappa shape index (κ3) is 11.9. The summed E-state index contributed by atoms with van der Waals surface area (Å²) in [5.41, 5.74) is 1.11. The molecule has 0 aliphatic carbocycles. The van der Waals surface area contributed by atoms with Gasteiger partial charge in [0.1, 0.15) is 12.7 Å². The van der Waals surface area contributed by atoms with Gasteiger partial charge >= 0.3 is 5.97 Å². The Bertz CT molecular complexity index is 1180. The SMILES string of the molecule is CC[C@@H]1C(=O)OC[C@@H]1Cc1cncn1C.Cc1noc(COc2ccccc2OCC(O)CNC(C)(C)C)n1.Cl.Cl. The van der Waals surface area contributed by atoms with Crippen molar-refractivity contribution < 1.29 is 28.6 Å². The van der Waals surface area contributed by atoms with Crippen LogP contribution < -0.4 is 14.8 Å². The first-order valence-corrected chi connectivity index (χ1v) is 13.2. The molecule has 3 atom stereocenters. The van der Waals surface area contributed by atoms with Crippen LogP contribution in [0.3, 0.4) is 0 Å². The number of nitrogens with one attached hydrogen (secondary N) is 1. The standard InChI is InChI=1S/C17H25N3O4.C11H16N2O2.2ClH/c1-12-19-16(24-20-12)11-23-15-8-6-5-7-14(15)22-10-13(21)9-18-17(2,3)4;1-3-10-8(6-15-11(10)14)4-9-5-12-7-13(9)2;;/h5-8,13,18,21H,9-11H2,1-4H3;5,7-8,10H,3-4,6H2,1-2H3;2*1H/t;8-,10-;;/m.0../s1. The number of β-amino-alcohol motifs (C(OH)–C–C–N with tert-alkyl or cyclic N) is 1. The lowest BCUT2D eigenvalue weighted by Crippen LogP contribution is -2.42. The second-order valence-corrected chi connectivity index (χ2v) is 10.7. The number of halogens is 2. The summed E-state index contributed by atoms with van der Waals surface area (Å²) in [6.45, 7) is 11.3. The highest BCUT2D eigenvalue weighted by Gasteiger charge is 2.35. The fourth-order valence-corrected chi connectivity index (χ4v) is 4.05. The molecule has 3 heterocycles. The molecular formula is C28H43Cl2N5O6. The number of hydrogen-bond acceptors (Lipinski definition) is 10. The summed E-state index contributed by atoms with van der Waals surface area (Å²) in [5, 5.41) is 17.0. The van der Waals surface area contributed by atoms with Crippen molar-refractivity contribution >= 4 is 30.8 Å². The van der Waals surface area contributed by atoms with Gasteiger partial charge in [-0.05, 0) is 52.7 Å². The lowest BCUT2D eigenvalue weighted by Gasteiger charge is -2.23. The number of aliphatic hydroxyl groups is 1. The predicted octanol–water partition coefficient (Wildman–Crippen LogP) is 4.09. The molecule has 0 bridgehead atoms. The normalized spacial score (nSPS) is 16.9. The number of esters is 1. The first-order valence-electron chi connectivity index (χ1n) is 13.2. The molecule has 0 radical (unpaired) electrons. The van der Waals surface area contributed by atoms with Crippen LogP contribution in [0.15, 0.2) is 41.3 Å². The molecule has 4 rings (SSSR count). The van der Waals surface area contributed by atoms with E-state index < -0.39 is 6.10 Å². The number of imidazole rings is 1. The Morgan fingerprint density at radius 3 is 2.44 bits per heavy atom. The summed E-state index contributed by atoms with van der Waals surface area (Å²) < 4.78 is 23.4. The number of benzene rings is 1. The second-order valence-electron chi connectivity index (χ2n) is 10.7. The van der Waals surface area contributed by atoms with Crippen molar-refractivity contribution in [2.75, 3.05) is 19.8 Å². The van der Waals surface area contributed by atoms with Gasteiger partial charge in [0.2, 0.25) is 0 Å². The Labute approximate surface area is 254 Å². The highest BCUT2D eigenvalue weighted by molar-refractivity contribution is 5.85. The van der Waals surface area contributed by atoms with Crippen molar-refractivity contribution in [2.24, 2.45) is 18.9 Å². The number of ether oxygens (including phenoxy) is 3. The molecule has 1 saturated heterocycles. The van der Waals surface area contributed by atoms with E-state index >= 15 is 0 Å². The number of carbonyl (C=O) groups is 1. The van der Waals surface area contributed by atoms with Gasteiger partial charge < -0.3 is 33.7 Å². The van der Waals surface area contributed by atoms with E-state index in [1.54, 1.807) is 25.4 Å². The summed E-state index contributed by atoms with van der Waals surface area (Å²) in [4.78, 5) is 19.5. The smallest absolute Gasteiger partial charge is 0.309 e. The minimum atomic E-state index is -0.615. The van der Waals surface area contributed by atoms with Crippen molar-refractivity contribution in [1.29, 1.82) is 0 Å². The van der Waals surface area contributed by atoms with Crippen LogP contribution in [0.5, 0.6) is 11.5 Å². The molecule has 1 aliphatic rings. The minimum Gasteiger partial charge on any atom is -0.487 e. The Morgan fingerprint density at radius 1 is 1.20 bits per heavy atom. The maximum absolute atomic E-state index is 11.4. The predicted molar refractivity (Wildman–Crippen MR) is 159 cm³/mol. The van der Waals surface area contributed by atoms with Crippen LogP contribution in [0, 0.1) is 18.8 Å². The zero-order chi connectivity index (χ0) is 28.4. The van der Waals surface area contributed by atoms with Crippen molar-refractivity contribution in [3.8, 4) is 11.5 Å². The molecule has 1 aliphatic heterocycles. The van der Waals surface area contributed by atoms with E-state index in [2.05, 4.69) is 20.4 Å². The molecule has 13 heteroatoms. The Hall–Kier alpha value is -2.86. The van der Waals surface area contributed by atoms with Gasteiger partial charge in [0.15, 0.2) is 23.9 Å². The quantitative estimate of drug-likeness (QED) is 0.304. The zero-order valence-electron chi connectivity index (χ0n) is 24.5. The summed E-state index contributed by atoms with van der Waals surface area (Å²) >= 11 is 0. The lowest BCUT2D eigenvalue weighted by molar-refractivity contribution is -0.141. The fourth-order valence-electron chi connectivity index (χ4n) is 4.05. The maximum atomic E-state index is 11.4. The summed E-state index contributed by atoms with van der Waals surface area (Å²) in [7, 11) is 1.97. The molecule has 2 aromatic heterocycles. The third-order valence-corrected chi connectivity index (χ3v) is 6.21. The number of aromatic nitrogens is 4. The van der Waals surface area contributed by atoms with Gasteiger partial charge in [-0.15, -0.1) is 24.8 Å². The maximum Gasteiger partial charge on any atom is 0.309 e. The van der Waals surface area contributed by atoms with E-state index in [9.17, 15) is 9.90 Å². The van der Waals surface area contributed by atoms with Crippen LogP contribution in [0.25, 0.3) is 0 Å².